The van der Waals surface area contributed by atoms with Gasteiger partial charge in [0.25, 0.3) is 5.91 Å². The number of hydrogen-bond acceptors (Lipinski definition) is 4. The summed E-state index contributed by atoms with van der Waals surface area (Å²) in [5.74, 6) is -1.14. The summed E-state index contributed by atoms with van der Waals surface area (Å²) in [6, 6.07) is 12.6. The van der Waals surface area contributed by atoms with E-state index < -0.39 is 5.97 Å². The standard InChI is InChI=1S/C19H15BrN2O3S/c1-11-14(18(24)25)7-4-8-15(11)21-19-22(2)17(23)16(26-19)10-12-5-3-6-13(20)9-12/h3-10H,1-2H3,(H,24,25)/b16-10-,21-19?. The van der Waals surface area contributed by atoms with Gasteiger partial charge in [-0.3, -0.25) is 9.69 Å². The molecular weight excluding hydrogens is 416 g/mol. The monoisotopic (exact) mass is 430 g/mol. The lowest BCUT2D eigenvalue weighted by Gasteiger charge is -2.09. The molecule has 1 N–H and O–H groups in total. The second-order valence-electron chi connectivity index (χ2n) is 5.68. The van der Waals surface area contributed by atoms with E-state index in [0.717, 1.165) is 10.0 Å². The van der Waals surface area contributed by atoms with Crippen LogP contribution in [0.3, 0.4) is 0 Å². The lowest BCUT2D eigenvalue weighted by atomic mass is 10.1. The Balaban J connectivity index is 1.96. The average molecular weight is 431 g/mol. The van der Waals surface area contributed by atoms with Gasteiger partial charge in [0.2, 0.25) is 0 Å². The number of nitrogens with zero attached hydrogens (tertiary/aromatic N) is 2. The highest BCUT2D eigenvalue weighted by atomic mass is 79.9. The van der Waals surface area contributed by atoms with E-state index in [1.807, 2.05) is 30.3 Å². The first-order valence-electron chi connectivity index (χ1n) is 7.71. The molecule has 0 aromatic heterocycles. The fourth-order valence-electron chi connectivity index (χ4n) is 2.48. The summed E-state index contributed by atoms with van der Waals surface area (Å²) in [6.45, 7) is 1.71. The third kappa shape index (κ3) is 3.73. The minimum Gasteiger partial charge on any atom is -0.478 e. The number of aromatic carboxylic acids is 1. The van der Waals surface area contributed by atoms with Crippen LogP contribution in [0.25, 0.3) is 6.08 Å². The van der Waals surface area contributed by atoms with Crippen molar-refractivity contribution < 1.29 is 14.7 Å². The number of likely N-dealkylation sites (N-methyl/N-ethyl adjacent to an activating group) is 1. The molecule has 0 spiro atoms. The first-order chi connectivity index (χ1) is 12.4. The molecular formula is C19H15BrN2O3S. The molecule has 1 saturated heterocycles. The highest BCUT2D eigenvalue weighted by Gasteiger charge is 2.30. The van der Waals surface area contributed by atoms with E-state index in [-0.39, 0.29) is 11.5 Å². The second kappa shape index (κ2) is 7.47. The Hall–Kier alpha value is -2.38. The number of carboxylic acid groups (broad SMARTS) is 1. The van der Waals surface area contributed by atoms with E-state index in [1.54, 1.807) is 26.1 Å². The number of amidine groups is 1. The third-order valence-electron chi connectivity index (χ3n) is 3.90. The Morgan fingerprint density at radius 3 is 2.69 bits per heavy atom. The van der Waals surface area contributed by atoms with Crippen molar-refractivity contribution in [2.75, 3.05) is 7.05 Å². The Morgan fingerprint density at radius 2 is 2.00 bits per heavy atom. The molecule has 0 radical (unpaired) electrons. The fourth-order valence-corrected chi connectivity index (χ4v) is 3.88. The number of benzene rings is 2. The highest BCUT2D eigenvalue weighted by molar-refractivity contribution is 9.10. The topological polar surface area (TPSA) is 70.0 Å². The van der Waals surface area contributed by atoms with Crippen molar-refractivity contribution in [1.82, 2.24) is 4.90 Å². The molecule has 1 amide bonds. The molecule has 2 aromatic rings. The molecule has 1 heterocycles. The maximum Gasteiger partial charge on any atom is 0.336 e. The average Bonchev–Trinajstić information content (AvgIpc) is 2.84. The minimum atomic E-state index is -0.997. The van der Waals surface area contributed by atoms with Crippen molar-refractivity contribution in [3.05, 3.63) is 68.5 Å². The van der Waals surface area contributed by atoms with Gasteiger partial charge in [0, 0.05) is 11.5 Å². The van der Waals surface area contributed by atoms with Crippen LogP contribution in [-0.2, 0) is 4.79 Å². The molecule has 1 aliphatic heterocycles. The molecule has 0 atom stereocenters. The van der Waals surface area contributed by atoms with Gasteiger partial charge >= 0.3 is 5.97 Å². The van der Waals surface area contributed by atoms with Crippen LogP contribution in [0.5, 0.6) is 0 Å². The normalized spacial score (nSPS) is 17.3. The Labute approximate surface area is 163 Å². The van der Waals surface area contributed by atoms with E-state index >= 15 is 0 Å². The zero-order valence-corrected chi connectivity index (χ0v) is 16.5. The van der Waals surface area contributed by atoms with Gasteiger partial charge in [0.15, 0.2) is 5.17 Å². The first kappa shape index (κ1) is 18.4. The largest absolute Gasteiger partial charge is 0.478 e. The SMILES string of the molecule is Cc1c(N=C2S/C(=C\c3cccc(Br)c3)C(=O)N2C)cccc1C(=O)O. The second-order valence-corrected chi connectivity index (χ2v) is 7.60. The zero-order valence-electron chi connectivity index (χ0n) is 14.1. The Bertz CT molecular complexity index is 969. The van der Waals surface area contributed by atoms with Crippen LogP contribution in [0, 0.1) is 6.92 Å². The van der Waals surface area contributed by atoms with Gasteiger partial charge in [0.1, 0.15) is 0 Å². The van der Waals surface area contributed by atoms with Crippen molar-refractivity contribution in [3.63, 3.8) is 0 Å². The molecule has 3 rings (SSSR count). The van der Waals surface area contributed by atoms with Gasteiger partial charge in [-0.25, -0.2) is 9.79 Å². The number of carbonyl (C=O) groups is 2. The van der Waals surface area contributed by atoms with Crippen LogP contribution in [0.1, 0.15) is 21.5 Å². The Morgan fingerprint density at radius 1 is 1.27 bits per heavy atom. The number of hydrogen-bond donors (Lipinski definition) is 1. The Kier molecular flexibility index (Phi) is 5.29. The van der Waals surface area contributed by atoms with Crippen LogP contribution in [-0.4, -0.2) is 34.1 Å². The molecule has 0 aliphatic carbocycles. The van der Waals surface area contributed by atoms with Crippen molar-refractivity contribution in [2.45, 2.75) is 6.92 Å². The molecule has 26 heavy (non-hydrogen) atoms. The molecule has 2 aromatic carbocycles. The summed E-state index contributed by atoms with van der Waals surface area (Å²) in [6.07, 6.45) is 1.82. The maximum atomic E-state index is 12.5. The smallest absolute Gasteiger partial charge is 0.336 e. The summed E-state index contributed by atoms with van der Waals surface area (Å²) >= 11 is 4.69. The summed E-state index contributed by atoms with van der Waals surface area (Å²) < 4.78 is 0.936. The van der Waals surface area contributed by atoms with E-state index in [4.69, 9.17) is 0 Å². The van der Waals surface area contributed by atoms with Gasteiger partial charge < -0.3 is 5.11 Å². The van der Waals surface area contributed by atoms with Crippen LogP contribution >= 0.6 is 27.7 Å². The number of thioether (sulfide) groups is 1. The predicted molar refractivity (Wildman–Crippen MR) is 108 cm³/mol. The molecule has 0 saturated carbocycles. The lowest BCUT2D eigenvalue weighted by Crippen LogP contribution is -2.23. The molecule has 5 nitrogen and oxygen atoms in total. The molecule has 1 aliphatic rings. The minimum absolute atomic E-state index is 0.138. The zero-order chi connectivity index (χ0) is 18.8. The van der Waals surface area contributed by atoms with Gasteiger partial charge in [-0.2, -0.15) is 0 Å². The van der Waals surface area contributed by atoms with E-state index in [2.05, 4.69) is 20.9 Å². The number of aliphatic imine (C=N–C) groups is 1. The summed E-state index contributed by atoms with van der Waals surface area (Å²) in [7, 11) is 1.66. The molecule has 7 heteroatoms. The molecule has 0 bridgehead atoms. The predicted octanol–water partition coefficient (Wildman–Crippen LogP) is 4.69. The summed E-state index contributed by atoms with van der Waals surface area (Å²) in [5.41, 5.74) is 2.22. The van der Waals surface area contributed by atoms with E-state index in [0.29, 0.717) is 21.3 Å². The van der Waals surface area contributed by atoms with Crippen molar-refractivity contribution in [1.29, 1.82) is 0 Å². The van der Waals surface area contributed by atoms with Crippen LogP contribution in [0.2, 0.25) is 0 Å². The number of carbonyl (C=O) groups excluding carboxylic acids is 1. The van der Waals surface area contributed by atoms with Gasteiger partial charge in [-0.1, -0.05) is 34.1 Å². The van der Waals surface area contributed by atoms with E-state index in [1.165, 1.54) is 22.7 Å². The molecule has 1 fully saturated rings. The quantitative estimate of drug-likeness (QED) is 0.716. The van der Waals surface area contributed by atoms with Crippen LogP contribution < -0.4 is 0 Å². The van der Waals surface area contributed by atoms with Crippen molar-refractivity contribution in [2.24, 2.45) is 4.99 Å². The van der Waals surface area contributed by atoms with Crippen LogP contribution in [0.4, 0.5) is 5.69 Å². The summed E-state index contributed by atoms with van der Waals surface area (Å²) in [4.78, 5) is 30.3. The van der Waals surface area contributed by atoms with Gasteiger partial charge in [0.05, 0.1) is 16.2 Å². The third-order valence-corrected chi connectivity index (χ3v) is 5.46. The number of amides is 1. The summed E-state index contributed by atoms with van der Waals surface area (Å²) in [5, 5.41) is 9.76. The first-order valence-corrected chi connectivity index (χ1v) is 9.32. The van der Waals surface area contributed by atoms with Gasteiger partial charge in [-0.15, -0.1) is 0 Å². The van der Waals surface area contributed by atoms with Crippen molar-refractivity contribution >= 4 is 56.5 Å². The number of halogens is 1. The number of carboxylic acids is 1. The van der Waals surface area contributed by atoms with Gasteiger partial charge in [-0.05, 0) is 60.2 Å². The molecule has 0 unspecified atom stereocenters. The number of rotatable bonds is 3. The highest BCUT2D eigenvalue weighted by Crippen LogP contribution is 2.34. The lowest BCUT2D eigenvalue weighted by molar-refractivity contribution is -0.121. The molecule has 132 valence electrons. The van der Waals surface area contributed by atoms with Crippen LogP contribution in [0.15, 0.2) is 56.8 Å². The van der Waals surface area contributed by atoms with Crippen molar-refractivity contribution in [3.8, 4) is 0 Å². The maximum absolute atomic E-state index is 12.5. The van der Waals surface area contributed by atoms with E-state index in [9.17, 15) is 14.7 Å². The fraction of sp³-hybridized carbons (Fsp3) is 0.105.